The molecule has 10 nitrogen and oxygen atoms in total. The van der Waals surface area contributed by atoms with Gasteiger partial charge < -0.3 is 9.42 Å². The molecular weight excluding hydrogens is 410 g/mol. The van der Waals surface area contributed by atoms with Gasteiger partial charge in [0, 0.05) is 50.4 Å². The molecule has 0 saturated carbocycles. The molecule has 0 spiro atoms. The van der Waals surface area contributed by atoms with Crippen LogP contribution in [0.25, 0.3) is 11.3 Å². The van der Waals surface area contributed by atoms with Gasteiger partial charge in [-0.3, -0.25) is 14.0 Å². The molecule has 1 saturated heterocycles. The second kappa shape index (κ2) is 8.40. The first-order chi connectivity index (χ1) is 15.2. The molecular formula is C22H31N7O3. The molecule has 1 amide bonds. The number of aryl methyl sites for hydroxylation is 3. The van der Waals surface area contributed by atoms with Gasteiger partial charge in [0.1, 0.15) is 5.82 Å². The molecule has 3 aromatic heterocycles. The molecule has 3 aromatic rings. The lowest BCUT2D eigenvalue weighted by Crippen LogP contribution is -2.39. The maximum atomic E-state index is 13.1. The van der Waals surface area contributed by atoms with Crippen LogP contribution in [0.15, 0.2) is 15.4 Å². The number of hydrogen-bond donors (Lipinski definition) is 0. The highest BCUT2D eigenvalue weighted by Crippen LogP contribution is 2.30. The Kier molecular flexibility index (Phi) is 5.79. The number of likely N-dealkylation sites (tertiary alicyclic amines) is 1. The second-order valence-electron chi connectivity index (χ2n) is 8.73. The molecule has 0 aromatic carbocycles. The van der Waals surface area contributed by atoms with Gasteiger partial charge in [0.25, 0.3) is 5.91 Å². The number of nitrogens with zero attached hydrogens (tertiary/aromatic N) is 7. The van der Waals surface area contributed by atoms with Crippen LogP contribution in [0.1, 0.15) is 73.3 Å². The summed E-state index contributed by atoms with van der Waals surface area (Å²) in [6, 6.07) is 1.75. The molecule has 1 aliphatic rings. The van der Waals surface area contributed by atoms with E-state index in [1.165, 1.54) is 4.68 Å². The van der Waals surface area contributed by atoms with E-state index in [4.69, 9.17) is 4.52 Å². The maximum absolute atomic E-state index is 13.1. The lowest BCUT2D eigenvalue weighted by molar-refractivity contribution is 0.0699. The van der Waals surface area contributed by atoms with Gasteiger partial charge in [0.05, 0.1) is 11.3 Å². The van der Waals surface area contributed by atoms with Crippen LogP contribution in [0.3, 0.4) is 0 Å². The topological polar surface area (TPSA) is 104 Å². The zero-order valence-corrected chi connectivity index (χ0v) is 19.6. The molecule has 0 atom stereocenters. The van der Waals surface area contributed by atoms with Crippen LogP contribution in [-0.2, 0) is 13.6 Å². The average Bonchev–Trinajstić information content (AvgIpc) is 3.44. The van der Waals surface area contributed by atoms with E-state index in [0.717, 1.165) is 42.2 Å². The molecule has 10 heteroatoms. The molecule has 172 valence electrons. The van der Waals surface area contributed by atoms with Crippen molar-refractivity contribution in [3.63, 3.8) is 0 Å². The molecule has 0 aliphatic carbocycles. The van der Waals surface area contributed by atoms with Gasteiger partial charge in [0.2, 0.25) is 0 Å². The van der Waals surface area contributed by atoms with E-state index >= 15 is 0 Å². The standard InChI is InChI=1S/C22H31N7O3/c1-7-28-15(5)19(14(4)23-28)18-12-17(25-32-18)21(30)27-10-8-16(9-11-27)20-24-26(6)22(31)29(20)13(2)3/h12-13,16H,7-11H2,1-6H3. The van der Waals surface area contributed by atoms with Gasteiger partial charge >= 0.3 is 5.69 Å². The Labute approximate surface area is 186 Å². The van der Waals surface area contributed by atoms with Crippen LogP contribution in [0, 0.1) is 13.8 Å². The Balaban J connectivity index is 1.48. The van der Waals surface area contributed by atoms with Gasteiger partial charge in [-0.1, -0.05) is 5.16 Å². The number of rotatable bonds is 5. The minimum absolute atomic E-state index is 0.0448. The first-order valence-corrected chi connectivity index (χ1v) is 11.2. The van der Waals surface area contributed by atoms with Crippen LogP contribution in [0.4, 0.5) is 0 Å². The quantitative estimate of drug-likeness (QED) is 0.603. The summed E-state index contributed by atoms with van der Waals surface area (Å²) >= 11 is 0. The monoisotopic (exact) mass is 441 g/mol. The summed E-state index contributed by atoms with van der Waals surface area (Å²) in [7, 11) is 1.68. The van der Waals surface area contributed by atoms with Crippen molar-refractivity contribution in [1.29, 1.82) is 0 Å². The minimum atomic E-state index is -0.140. The summed E-state index contributed by atoms with van der Waals surface area (Å²) in [5.74, 6) is 1.38. The summed E-state index contributed by atoms with van der Waals surface area (Å²) in [5, 5.41) is 13.0. The molecule has 0 N–H and O–H groups in total. The Bertz CT molecular complexity index is 1190. The van der Waals surface area contributed by atoms with Crippen molar-refractivity contribution in [3.05, 3.63) is 39.5 Å². The molecule has 0 radical (unpaired) electrons. The minimum Gasteiger partial charge on any atom is -0.355 e. The first kappa shape index (κ1) is 22.0. The Morgan fingerprint density at radius 1 is 1.22 bits per heavy atom. The number of hydrogen-bond acceptors (Lipinski definition) is 6. The van der Waals surface area contributed by atoms with Crippen molar-refractivity contribution >= 4 is 5.91 Å². The highest BCUT2D eigenvalue weighted by atomic mass is 16.5. The largest absolute Gasteiger partial charge is 0.355 e. The number of carbonyl (C=O) groups excluding carboxylic acids is 1. The van der Waals surface area contributed by atoms with Crippen molar-refractivity contribution in [2.45, 2.75) is 66.0 Å². The van der Waals surface area contributed by atoms with Crippen molar-refractivity contribution in [1.82, 2.24) is 34.2 Å². The average molecular weight is 442 g/mol. The molecule has 4 rings (SSSR count). The number of aromatic nitrogens is 6. The van der Waals surface area contributed by atoms with Crippen LogP contribution < -0.4 is 5.69 Å². The van der Waals surface area contributed by atoms with Gasteiger partial charge in [-0.05, 0) is 47.5 Å². The van der Waals surface area contributed by atoms with E-state index in [2.05, 4.69) is 15.4 Å². The van der Waals surface area contributed by atoms with Crippen molar-refractivity contribution in [3.8, 4) is 11.3 Å². The van der Waals surface area contributed by atoms with Gasteiger partial charge in [0.15, 0.2) is 11.5 Å². The zero-order chi connectivity index (χ0) is 23.2. The Hall–Kier alpha value is -3.17. The molecule has 0 unspecified atom stereocenters. The normalized spacial score (nSPS) is 15.2. The Morgan fingerprint density at radius 2 is 1.91 bits per heavy atom. The van der Waals surface area contributed by atoms with Crippen molar-refractivity contribution in [2.24, 2.45) is 7.05 Å². The van der Waals surface area contributed by atoms with Crippen molar-refractivity contribution in [2.75, 3.05) is 13.1 Å². The highest BCUT2D eigenvalue weighted by molar-refractivity contribution is 5.93. The van der Waals surface area contributed by atoms with E-state index in [0.29, 0.717) is 24.5 Å². The van der Waals surface area contributed by atoms with Crippen molar-refractivity contribution < 1.29 is 9.32 Å². The first-order valence-electron chi connectivity index (χ1n) is 11.2. The SMILES string of the molecule is CCn1nc(C)c(-c2cc(C(=O)N3CCC(c4nn(C)c(=O)n4C(C)C)CC3)no2)c1C. The smallest absolute Gasteiger partial charge is 0.345 e. The lowest BCUT2D eigenvalue weighted by atomic mass is 9.95. The van der Waals surface area contributed by atoms with Gasteiger partial charge in [-0.2, -0.15) is 10.2 Å². The summed E-state index contributed by atoms with van der Waals surface area (Å²) in [6.07, 6.45) is 1.50. The molecule has 4 heterocycles. The molecule has 32 heavy (non-hydrogen) atoms. The fourth-order valence-corrected chi connectivity index (χ4v) is 4.62. The summed E-state index contributed by atoms with van der Waals surface area (Å²) in [4.78, 5) is 27.3. The highest BCUT2D eigenvalue weighted by Gasteiger charge is 2.30. The zero-order valence-electron chi connectivity index (χ0n) is 19.6. The third-order valence-corrected chi connectivity index (χ3v) is 6.30. The fourth-order valence-electron chi connectivity index (χ4n) is 4.62. The molecule has 0 bridgehead atoms. The Morgan fingerprint density at radius 3 is 2.50 bits per heavy atom. The van der Waals surface area contributed by atoms with E-state index in [9.17, 15) is 9.59 Å². The third kappa shape index (κ3) is 3.67. The van der Waals surface area contributed by atoms with E-state index < -0.39 is 0 Å². The van der Waals surface area contributed by atoms with Crippen LogP contribution in [0.2, 0.25) is 0 Å². The number of amides is 1. The van der Waals surface area contributed by atoms with Gasteiger partial charge in [-0.15, -0.1) is 0 Å². The van der Waals surface area contributed by atoms with Gasteiger partial charge in [-0.25, -0.2) is 9.48 Å². The predicted octanol–water partition coefficient (Wildman–Crippen LogP) is 2.67. The maximum Gasteiger partial charge on any atom is 0.345 e. The number of carbonyl (C=O) groups is 1. The molecule has 1 aliphatic heterocycles. The fraction of sp³-hybridized carbons (Fsp3) is 0.591. The van der Waals surface area contributed by atoms with Crippen LogP contribution in [-0.4, -0.2) is 53.2 Å². The lowest BCUT2D eigenvalue weighted by Gasteiger charge is -2.31. The summed E-state index contributed by atoms with van der Waals surface area (Å²) in [5.41, 5.74) is 2.94. The van der Waals surface area contributed by atoms with E-state index in [1.54, 1.807) is 22.6 Å². The van der Waals surface area contributed by atoms with E-state index in [1.807, 2.05) is 39.3 Å². The number of piperidine rings is 1. The molecule has 1 fully saturated rings. The van der Waals surface area contributed by atoms with Crippen LogP contribution >= 0.6 is 0 Å². The second-order valence-corrected chi connectivity index (χ2v) is 8.73. The summed E-state index contributed by atoms with van der Waals surface area (Å²) in [6.45, 7) is 11.9. The van der Waals surface area contributed by atoms with E-state index in [-0.39, 0.29) is 23.6 Å². The van der Waals surface area contributed by atoms with Crippen LogP contribution in [0.5, 0.6) is 0 Å². The summed E-state index contributed by atoms with van der Waals surface area (Å²) < 4.78 is 10.6. The third-order valence-electron chi connectivity index (χ3n) is 6.30. The predicted molar refractivity (Wildman–Crippen MR) is 119 cm³/mol.